The Balaban J connectivity index is 1.55. The molecule has 7 heteroatoms. The summed E-state index contributed by atoms with van der Waals surface area (Å²) in [5.41, 5.74) is 1.69. The molecule has 2 aliphatic rings. The third-order valence-electron chi connectivity index (χ3n) is 4.63. The SMILES string of the molecule is Cc1nnsc1C(=O)N1CCC2(CC1)OC(=O)c1ccccc12. The van der Waals surface area contributed by atoms with Crippen molar-refractivity contribution in [3.8, 4) is 0 Å². The van der Waals surface area contributed by atoms with Gasteiger partial charge in [-0.05, 0) is 24.5 Å². The standard InChI is InChI=1S/C16H15N3O3S/c1-10-13(23-18-17-10)14(20)19-8-6-16(7-9-19)12-5-3-2-4-11(12)15(21)22-16/h2-5H,6-9H2,1H3. The van der Waals surface area contributed by atoms with Crippen molar-refractivity contribution in [2.45, 2.75) is 25.4 Å². The molecule has 2 aliphatic heterocycles. The number of benzene rings is 1. The Hall–Kier alpha value is -2.28. The molecule has 0 unspecified atom stereocenters. The summed E-state index contributed by atoms with van der Waals surface area (Å²) < 4.78 is 9.53. The van der Waals surface area contributed by atoms with Gasteiger partial charge in [-0.2, -0.15) is 0 Å². The van der Waals surface area contributed by atoms with Gasteiger partial charge >= 0.3 is 5.97 Å². The summed E-state index contributed by atoms with van der Waals surface area (Å²) in [5.74, 6) is -0.298. The number of aromatic nitrogens is 2. The molecule has 2 aromatic rings. The Kier molecular flexibility index (Phi) is 3.19. The first-order valence-corrected chi connectivity index (χ1v) is 8.29. The fourth-order valence-electron chi connectivity index (χ4n) is 3.36. The smallest absolute Gasteiger partial charge is 0.339 e. The number of carbonyl (C=O) groups is 2. The molecule has 1 spiro atoms. The first kappa shape index (κ1) is 14.3. The molecule has 0 atom stereocenters. The monoisotopic (exact) mass is 329 g/mol. The van der Waals surface area contributed by atoms with Crippen LogP contribution in [0.25, 0.3) is 0 Å². The highest BCUT2D eigenvalue weighted by Crippen LogP contribution is 2.44. The van der Waals surface area contributed by atoms with Gasteiger partial charge in [0.05, 0.1) is 11.3 Å². The number of carbonyl (C=O) groups excluding carboxylic acids is 2. The summed E-state index contributed by atoms with van der Waals surface area (Å²) in [6, 6.07) is 7.52. The lowest BCUT2D eigenvalue weighted by Crippen LogP contribution is -2.45. The number of nitrogens with zero attached hydrogens (tertiary/aromatic N) is 3. The van der Waals surface area contributed by atoms with Crippen LogP contribution in [0.2, 0.25) is 0 Å². The number of esters is 1. The van der Waals surface area contributed by atoms with Gasteiger partial charge in [0.1, 0.15) is 10.5 Å². The fourth-order valence-corrected chi connectivity index (χ4v) is 3.98. The number of hydrogen-bond acceptors (Lipinski definition) is 6. The second kappa shape index (κ2) is 5.13. The second-order valence-corrected chi connectivity index (χ2v) is 6.66. The number of aryl methyl sites for hydroxylation is 1. The van der Waals surface area contributed by atoms with Crippen LogP contribution in [0.5, 0.6) is 0 Å². The molecule has 118 valence electrons. The van der Waals surface area contributed by atoms with E-state index in [4.69, 9.17) is 4.74 Å². The van der Waals surface area contributed by atoms with Gasteiger partial charge in [-0.25, -0.2) is 4.79 Å². The molecular weight excluding hydrogens is 314 g/mol. The summed E-state index contributed by atoms with van der Waals surface area (Å²) in [4.78, 5) is 27.0. The van der Waals surface area contributed by atoms with E-state index >= 15 is 0 Å². The number of likely N-dealkylation sites (tertiary alicyclic amines) is 1. The van der Waals surface area contributed by atoms with Crippen LogP contribution >= 0.6 is 11.5 Å². The van der Waals surface area contributed by atoms with Crippen LogP contribution in [0.1, 0.15) is 44.1 Å². The van der Waals surface area contributed by atoms with Crippen molar-refractivity contribution in [2.75, 3.05) is 13.1 Å². The zero-order valence-corrected chi connectivity index (χ0v) is 13.4. The van der Waals surface area contributed by atoms with Crippen LogP contribution in [0.15, 0.2) is 24.3 Å². The third kappa shape index (κ3) is 2.15. The Morgan fingerprint density at radius 3 is 2.74 bits per heavy atom. The van der Waals surface area contributed by atoms with Crippen molar-refractivity contribution in [1.29, 1.82) is 0 Å². The fraction of sp³-hybridized carbons (Fsp3) is 0.375. The number of piperidine rings is 1. The summed E-state index contributed by atoms with van der Waals surface area (Å²) in [5, 5.41) is 3.89. The summed E-state index contributed by atoms with van der Waals surface area (Å²) in [6.07, 6.45) is 1.24. The quantitative estimate of drug-likeness (QED) is 0.750. The van der Waals surface area contributed by atoms with E-state index in [0.29, 0.717) is 42.1 Å². The second-order valence-electron chi connectivity index (χ2n) is 5.91. The van der Waals surface area contributed by atoms with E-state index in [1.54, 1.807) is 17.9 Å². The van der Waals surface area contributed by atoms with Gasteiger partial charge in [-0.1, -0.05) is 22.7 Å². The zero-order valence-electron chi connectivity index (χ0n) is 12.6. The number of hydrogen-bond donors (Lipinski definition) is 0. The average molecular weight is 329 g/mol. The Morgan fingerprint density at radius 1 is 1.30 bits per heavy atom. The molecular formula is C16H15N3O3S. The topological polar surface area (TPSA) is 72.4 Å². The molecule has 0 aliphatic carbocycles. The molecule has 6 nitrogen and oxygen atoms in total. The highest BCUT2D eigenvalue weighted by atomic mass is 32.1. The minimum absolute atomic E-state index is 0.0371. The Bertz CT molecular complexity index is 793. The van der Waals surface area contributed by atoms with Crippen LogP contribution in [0.4, 0.5) is 0 Å². The highest BCUT2D eigenvalue weighted by Gasteiger charge is 2.47. The van der Waals surface area contributed by atoms with Crippen molar-refractivity contribution in [3.63, 3.8) is 0 Å². The minimum Gasteiger partial charge on any atom is -0.450 e. The summed E-state index contributed by atoms with van der Waals surface area (Å²) in [7, 11) is 0. The van der Waals surface area contributed by atoms with Crippen LogP contribution in [0.3, 0.4) is 0 Å². The van der Waals surface area contributed by atoms with Crippen LogP contribution in [0, 0.1) is 6.92 Å². The van der Waals surface area contributed by atoms with Crippen molar-refractivity contribution < 1.29 is 14.3 Å². The van der Waals surface area contributed by atoms with Crippen molar-refractivity contribution >= 4 is 23.4 Å². The number of fused-ring (bicyclic) bond motifs is 2. The lowest BCUT2D eigenvalue weighted by Gasteiger charge is -2.38. The lowest BCUT2D eigenvalue weighted by molar-refractivity contribution is -0.0389. The van der Waals surface area contributed by atoms with E-state index in [1.165, 1.54) is 0 Å². The molecule has 1 aromatic carbocycles. The maximum absolute atomic E-state index is 12.5. The van der Waals surface area contributed by atoms with Gasteiger partial charge in [-0.15, -0.1) is 5.10 Å². The van der Waals surface area contributed by atoms with E-state index in [-0.39, 0.29) is 11.9 Å². The molecule has 0 N–H and O–H groups in total. The number of ether oxygens (including phenoxy) is 1. The highest BCUT2D eigenvalue weighted by molar-refractivity contribution is 7.07. The molecule has 4 rings (SSSR count). The van der Waals surface area contributed by atoms with Crippen LogP contribution in [-0.2, 0) is 10.3 Å². The molecule has 0 bridgehead atoms. The molecule has 0 radical (unpaired) electrons. The lowest BCUT2D eigenvalue weighted by atomic mass is 9.84. The van der Waals surface area contributed by atoms with Crippen molar-refractivity contribution in [3.05, 3.63) is 46.0 Å². The normalized spacial score (nSPS) is 18.8. The summed E-state index contributed by atoms with van der Waals surface area (Å²) in [6.45, 7) is 2.90. The number of amides is 1. The molecule has 1 fully saturated rings. The van der Waals surface area contributed by atoms with Gasteiger partial charge < -0.3 is 9.64 Å². The molecule has 1 aromatic heterocycles. The predicted molar refractivity (Wildman–Crippen MR) is 83.3 cm³/mol. The minimum atomic E-state index is -0.578. The van der Waals surface area contributed by atoms with E-state index in [2.05, 4.69) is 9.59 Å². The Labute approximate surface area is 137 Å². The largest absolute Gasteiger partial charge is 0.450 e. The zero-order chi connectivity index (χ0) is 16.0. The van der Waals surface area contributed by atoms with Crippen LogP contribution in [-0.4, -0.2) is 39.5 Å². The van der Waals surface area contributed by atoms with Crippen LogP contribution < -0.4 is 0 Å². The van der Waals surface area contributed by atoms with Gasteiger partial charge in [0, 0.05) is 31.5 Å². The first-order valence-electron chi connectivity index (χ1n) is 7.52. The van der Waals surface area contributed by atoms with Gasteiger partial charge in [0.25, 0.3) is 5.91 Å². The van der Waals surface area contributed by atoms with E-state index in [1.807, 2.05) is 18.2 Å². The maximum Gasteiger partial charge on any atom is 0.339 e. The van der Waals surface area contributed by atoms with Gasteiger partial charge in [0.2, 0.25) is 0 Å². The van der Waals surface area contributed by atoms with E-state index in [0.717, 1.165) is 17.1 Å². The first-order chi connectivity index (χ1) is 11.1. The Morgan fingerprint density at radius 2 is 2.04 bits per heavy atom. The third-order valence-corrected chi connectivity index (χ3v) is 5.45. The number of rotatable bonds is 1. The predicted octanol–water partition coefficient (Wildman–Crippen LogP) is 2.15. The van der Waals surface area contributed by atoms with Gasteiger partial charge in [-0.3, -0.25) is 4.79 Å². The van der Waals surface area contributed by atoms with Crippen molar-refractivity contribution in [2.24, 2.45) is 0 Å². The molecule has 23 heavy (non-hydrogen) atoms. The van der Waals surface area contributed by atoms with Crippen molar-refractivity contribution in [1.82, 2.24) is 14.5 Å². The molecule has 1 amide bonds. The molecule has 3 heterocycles. The summed E-state index contributed by atoms with van der Waals surface area (Å²) >= 11 is 1.13. The van der Waals surface area contributed by atoms with E-state index < -0.39 is 5.60 Å². The van der Waals surface area contributed by atoms with E-state index in [9.17, 15) is 9.59 Å². The molecule has 1 saturated heterocycles. The maximum atomic E-state index is 12.5. The average Bonchev–Trinajstić information content (AvgIpc) is 3.11. The molecule has 0 saturated carbocycles. The van der Waals surface area contributed by atoms with Gasteiger partial charge in [0.15, 0.2) is 0 Å².